The Kier molecular flexibility index (Phi) is 4.37. The molecule has 2 rings (SSSR count). The maximum absolute atomic E-state index is 6.21. The van der Waals surface area contributed by atoms with Crippen LogP contribution in [0, 0.1) is 0 Å². The Bertz CT molecular complexity index is 531. The van der Waals surface area contributed by atoms with Crippen molar-refractivity contribution in [3.8, 4) is 11.4 Å². The molecule has 0 fully saturated rings. The fourth-order valence-electron chi connectivity index (χ4n) is 2.05. The minimum atomic E-state index is 0.223. The quantitative estimate of drug-likeness (QED) is 0.852. The number of unbranched alkanes of at least 4 members (excludes halogenated alkanes) is 1. The van der Waals surface area contributed by atoms with Gasteiger partial charge in [-0.1, -0.05) is 37.4 Å². The number of rotatable bonds is 5. The first-order valence-electron chi connectivity index (χ1n) is 6.47. The number of hydrogen-bond donors (Lipinski definition) is 1. The van der Waals surface area contributed by atoms with Gasteiger partial charge < -0.3 is 5.73 Å². The van der Waals surface area contributed by atoms with Crippen molar-refractivity contribution in [2.45, 2.75) is 39.2 Å². The van der Waals surface area contributed by atoms with E-state index in [2.05, 4.69) is 29.4 Å². The normalized spacial score (nSPS) is 12.6. The van der Waals surface area contributed by atoms with Crippen molar-refractivity contribution >= 4 is 17.3 Å². The van der Waals surface area contributed by atoms with Crippen molar-refractivity contribution in [1.82, 2.24) is 20.2 Å². The summed E-state index contributed by atoms with van der Waals surface area (Å²) in [6.07, 6.45) is 3.31. The van der Waals surface area contributed by atoms with Crippen LogP contribution in [0.3, 0.4) is 0 Å². The van der Waals surface area contributed by atoms with Crippen LogP contribution in [0.4, 0.5) is 5.69 Å². The summed E-state index contributed by atoms with van der Waals surface area (Å²) in [4.78, 5) is 0. The summed E-state index contributed by atoms with van der Waals surface area (Å²) in [5.41, 5.74) is 7.28. The monoisotopic (exact) mass is 279 g/mol. The molecule has 0 saturated carbocycles. The van der Waals surface area contributed by atoms with Gasteiger partial charge in [0.2, 0.25) is 0 Å². The summed E-state index contributed by atoms with van der Waals surface area (Å²) >= 11 is 6.21. The Balaban J connectivity index is 2.39. The van der Waals surface area contributed by atoms with Crippen molar-refractivity contribution < 1.29 is 0 Å². The van der Waals surface area contributed by atoms with Crippen molar-refractivity contribution in [2.75, 3.05) is 5.73 Å². The zero-order valence-electron chi connectivity index (χ0n) is 11.2. The van der Waals surface area contributed by atoms with Crippen molar-refractivity contribution in [3.05, 3.63) is 23.2 Å². The van der Waals surface area contributed by atoms with Gasteiger partial charge in [-0.3, -0.25) is 0 Å². The van der Waals surface area contributed by atoms with Crippen LogP contribution in [-0.4, -0.2) is 20.2 Å². The lowest BCUT2D eigenvalue weighted by atomic mass is 10.1. The van der Waals surface area contributed by atoms with Crippen LogP contribution in [0.15, 0.2) is 18.2 Å². The Morgan fingerprint density at radius 1 is 1.42 bits per heavy atom. The van der Waals surface area contributed by atoms with Gasteiger partial charge in [0.1, 0.15) is 0 Å². The molecule has 0 bridgehead atoms. The molecule has 1 atom stereocenters. The number of aromatic nitrogens is 4. The smallest absolute Gasteiger partial charge is 0.185 e. The summed E-state index contributed by atoms with van der Waals surface area (Å²) in [7, 11) is 0. The zero-order valence-corrected chi connectivity index (χ0v) is 11.9. The standard InChI is InChI=1S/C13H18ClN5/c1-3-4-6-9(2)19-13(16-17-18-19)12-10(14)7-5-8-11(12)15/h5,7-9H,3-4,6,15H2,1-2H3. The molecule has 0 spiro atoms. The van der Waals surface area contributed by atoms with E-state index in [0.29, 0.717) is 22.1 Å². The topological polar surface area (TPSA) is 69.6 Å². The second-order valence-corrected chi connectivity index (χ2v) is 5.05. The molecule has 0 radical (unpaired) electrons. The summed E-state index contributed by atoms with van der Waals surface area (Å²) in [5, 5.41) is 12.5. The molecule has 1 unspecified atom stereocenters. The van der Waals surface area contributed by atoms with Crippen LogP contribution in [0.25, 0.3) is 11.4 Å². The number of halogens is 1. The third-order valence-electron chi connectivity index (χ3n) is 3.16. The summed E-state index contributed by atoms with van der Waals surface area (Å²) in [6.45, 7) is 4.27. The summed E-state index contributed by atoms with van der Waals surface area (Å²) in [6, 6.07) is 5.64. The molecule has 0 saturated heterocycles. The molecular formula is C13H18ClN5. The molecule has 1 aromatic heterocycles. The lowest BCUT2D eigenvalue weighted by Gasteiger charge is -2.14. The molecule has 102 valence electrons. The van der Waals surface area contributed by atoms with Crippen LogP contribution in [0.2, 0.25) is 5.02 Å². The number of benzene rings is 1. The van der Waals surface area contributed by atoms with Gasteiger partial charge in [-0.05, 0) is 35.9 Å². The van der Waals surface area contributed by atoms with Gasteiger partial charge in [0, 0.05) is 5.69 Å². The molecule has 1 aromatic carbocycles. The van der Waals surface area contributed by atoms with E-state index in [1.165, 1.54) is 0 Å². The number of nitrogens with zero attached hydrogens (tertiary/aromatic N) is 4. The van der Waals surface area contributed by atoms with Crippen molar-refractivity contribution in [2.24, 2.45) is 0 Å². The largest absolute Gasteiger partial charge is 0.398 e. The van der Waals surface area contributed by atoms with Crippen LogP contribution < -0.4 is 5.73 Å². The number of tetrazole rings is 1. The molecular weight excluding hydrogens is 262 g/mol. The van der Waals surface area contributed by atoms with Crippen LogP contribution >= 0.6 is 11.6 Å². The van der Waals surface area contributed by atoms with Gasteiger partial charge in [0.15, 0.2) is 5.82 Å². The minimum Gasteiger partial charge on any atom is -0.398 e. The Labute approximate surface area is 117 Å². The van der Waals surface area contributed by atoms with Gasteiger partial charge in [-0.2, -0.15) is 0 Å². The Morgan fingerprint density at radius 2 is 2.21 bits per heavy atom. The highest BCUT2D eigenvalue weighted by molar-refractivity contribution is 6.33. The van der Waals surface area contributed by atoms with Crippen molar-refractivity contribution in [3.63, 3.8) is 0 Å². The molecule has 6 heteroatoms. The molecule has 2 aromatic rings. The average molecular weight is 280 g/mol. The summed E-state index contributed by atoms with van der Waals surface area (Å²) in [5.74, 6) is 0.631. The highest BCUT2D eigenvalue weighted by Gasteiger charge is 2.18. The molecule has 0 amide bonds. The van der Waals surface area contributed by atoms with Crippen LogP contribution in [-0.2, 0) is 0 Å². The number of anilines is 1. The van der Waals surface area contributed by atoms with Crippen molar-refractivity contribution in [1.29, 1.82) is 0 Å². The SMILES string of the molecule is CCCCC(C)n1nnnc1-c1c(N)cccc1Cl. The third kappa shape index (κ3) is 2.87. The zero-order chi connectivity index (χ0) is 13.8. The first-order chi connectivity index (χ1) is 9.15. The van der Waals surface area contributed by atoms with E-state index in [1.54, 1.807) is 16.8 Å². The van der Waals surface area contributed by atoms with E-state index in [4.69, 9.17) is 17.3 Å². The molecule has 2 N–H and O–H groups in total. The second-order valence-electron chi connectivity index (χ2n) is 4.64. The summed E-state index contributed by atoms with van der Waals surface area (Å²) < 4.78 is 1.80. The first-order valence-corrected chi connectivity index (χ1v) is 6.85. The lowest BCUT2D eigenvalue weighted by Crippen LogP contribution is -2.10. The van der Waals surface area contributed by atoms with Gasteiger partial charge in [-0.25, -0.2) is 4.68 Å². The third-order valence-corrected chi connectivity index (χ3v) is 3.47. The van der Waals surface area contributed by atoms with E-state index in [9.17, 15) is 0 Å². The molecule has 19 heavy (non-hydrogen) atoms. The van der Waals surface area contributed by atoms with E-state index in [1.807, 2.05) is 6.07 Å². The lowest BCUT2D eigenvalue weighted by molar-refractivity contribution is 0.437. The van der Waals surface area contributed by atoms with Crippen LogP contribution in [0.1, 0.15) is 39.2 Å². The minimum absolute atomic E-state index is 0.223. The number of nitrogens with two attached hydrogens (primary N) is 1. The average Bonchev–Trinajstić information content (AvgIpc) is 2.85. The van der Waals surface area contributed by atoms with E-state index in [-0.39, 0.29) is 6.04 Å². The maximum atomic E-state index is 6.21. The van der Waals surface area contributed by atoms with E-state index >= 15 is 0 Å². The first kappa shape index (κ1) is 13.8. The molecule has 5 nitrogen and oxygen atoms in total. The Hall–Kier alpha value is -1.62. The van der Waals surface area contributed by atoms with Gasteiger partial charge in [0.05, 0.1) is 16.6 Å². The maximum Gasteiger partial charge on any atom is 0.185 e. The molecule has 0 aliphatic carbocycles. The fraction of sp³-hybridized carbons (Fsp3) is 0.462. The van der Waals surface area contributed by atoms with Gasteiger partial charge >= 0.3 is 0 Å². The van der Waals surface area contributed by atoms with Gasteiger partial charge in [0.25, 0.3) is 0 Å². The van der Waals surface area contributed by atoms with E-state index in [0.717, 1.165) is 19.3 Å². The Morgan fingerprint density at radius 3 is 2.89 bits per heavy atom. The predicted octanol–water partition coefficient (Wildman–Crippen LogP) is 3.33. The van der Waals surface area contributed by atoms with Gasteiger partial charge in [-0.15, -0.1) is 5.10 Å². The molecule has 1 heterocycles. The fourth-order valence-corrected chi connectivity index (χ4v) is 2.32. The molecule has 0 aliphatic heterocycles. The highest BCUT2D eigenvalue weighted by atomic mass is 35.5. The van der Waals surface area contributed by atoms with E-state index < -0.39 is 0 Å². The predicted molar refractivity (Wildman–Crippen MR) is 76.9 cm³/mol. The second kappa shape index (κ2) is 6.02. The highest BCUT2D eigenvalue weighted by Crippen LogP contribution is 2.32. The van der Waals surface area contributed by atoms with Crippen LogP contribution in [0.5, 0.6) is 0 Å². The molecule has 0 aliphatic rings. The number of hydrogen-bond acceptors (Lipinski definition) is 4. The number of nitrogen functional groups attached to an aromatic ring is 1.